The van der Waals surface area contributed by atoms with Crippen LogP contribution in [0.5, 0.6) is 5.75 Å². The van der Waals surface area contributed by atoms with E-state index in [2.05, 4.69) is 0 Å². The molecule has 0 amide bonds. The predicted molar refractivity (Wildman–Crippen MR) is 51.9 cm³/mol. The monoisotopic (exact) mass is 201 g/mol. The standard InChI is InChI=1S/C9H12ClNO2/c1-5-2-6(8(11)4-12)3-7(10)9(5)13/h2-3,8,12-13H,4,11H2,1H3. The SMILES string of the molecule is Cc1cc(C(N)CO)cc(Cl)c1O. The lowest BCUT2D eigenvalue weighted by Gasteiger charge is -2.11. The fraction of sp³-hybridized carbons (Fsp3) is 0.333. The van der Waals surface area contributed by atoms with Gasteiger partial charge in [0, 0.05) is 0 Å². The molecule has 0 aliphatic heterocycles. The van der Waals surface area contributed by atoms with Gasteiger partial charge in [-0.2, -0.15) is 0 Å². The average Bonchev–Trinajstić information content (AvgIpc) is 2.12. The summed E-state index contributed by atoms with van der Waals surface area (Å²) in [6.07, 6.45) is 0. The van der Waals surface area contributed by atoms with Crippen LogP contribution < -0.4 is 5.73 Å². The summed E-state index contributed by atoms with van der Waals surface area (Å²) in [4.78, 5) is 0. The van der Waals surface area contributed by atoms with Gasteiger partial charge in [-0.25, -0.2) is 0 Å². The van der Waals surface area contributed by atoms with Gasteiger partial charge in [0.15, 0.2) is 0 Å². The van der Waals surface area contributed by atoms with Gasteiger partial charge in [0.1, 0.15) is 5.75 Å². The number of hydrogen-bond donors (Lipinski definition) is 3. The van der Waals surface area contributed by atoms with Crippen molar-refractivity contribution in [2.45, 2.75) is 13.0 Å². The maximum atomic E-state index is 9.35. The van der Waals surface area contributed by atoms with E-state index in [0.717, 1.165) is 5.56 Å². The number of rotatable bonds is 2. The van der Waals surface area contributed by atoms with Gasteiger partial charge in [-0.05, 0) is 24.1 Å². The Morgan fingerprint density at radius 1 is 1.54 bits per heavy atom. The van der Waals surface area contributed by atoms with E-state index in [0.29, 0.717) is 5.56 Å². The zero-order valence-corrected chi connectivity index (χ0v) is 8.04. The van der Waals surface area contributed by atoms with Crippen molar-refractivity contribution >= 4 is 11.6 Å². The van der Waals surface area contributed by atoms with Crippen LogP contribution in [0.4, 0.5) is 0 Å². The Balaban J connectivity index is 3.13. The molecule has 0 aliphatic carbocycles. The molecular weight excluding hydrogens is 190 g/mol. The molecule has 0 bridgehead atoms. The molecule has 3 nitrogen and oxygen atoms in total. The summed E-state index contributed by atoms with van der Waals surface area (Å²) in [5.41, 5.74) is 6.98. The van der Waals surface area contributed by atoms with Crippen LogP contribution in [0.2, 0.25) is 5.02 Å². The first kappa shape index (κ1) is 10.3. The summed E-state index contributed by atoms with van der Waals surface area (Å²) in [6.45, 7) is 1.59. The van der Waals surface area contributed by atoms with Crippen LogP contribution in [0.3, 0.4) is 0 Å². The fourth-order valence-corrected chi connectivity index (χ4v) is 1.36. The number of phenols is 1. The lowest BCUT2D eigenvalue weighted by molar-refractivity contribution is 0.268. The average molecular weight is 202 g/mol. The predicted octanol–water partition coefficient (Wildman–Crippen LogP) is 1.35. The first-order valence-electron chi connectivity index (χ1n) is 3.91. The largest absolute Gasteiger partial charge is 0.506 e. The number of aliphatic hydroxyl groups excluding tert-OH is 1. The molecule has 0 aromatic heterocycles. The van der Waals surface area contributed by atoms with Crippen molar-refractivity contribution in [2.75, 3.05) is 6.61 Å². The van der Waals surface area contributed by atoms with Crippen molar-refractivity contribution in [3.63, 3.8) is 0 Å². The Kier molecular flexibility index (Phi) is 3.14. The van der Waals surface area contributed by atoms with Crippen LogP contribution in [0.15, 0.2) is 12.1 Å². The van der Waals surface area contributed by atoms with Gasteiger partial charge < -0.3 is 15.9 Å². The second kappa shape index (κ2) is 3.96. The van der Waals surface area contributed by atoms with E-state index >= 15 is 0 Å². The maximum Gasteiger partial charge on any atom is 0.137 e. The lowest BCUT2D eigenvalue weighted by Crippen LogP contribution is -2.14. The highest BCUT2D eigenvalue weighted by molar-refractivity contribution is 6.32. The second-order valence-corrected chi connectivity index (χ2v) is 3.36. The van der Waals surface area contributed by atoms with E-state index in [9.17, 15) is 5.11 Å². The van der Waals surface area contributed by atoms with Crippen molar-refractivity contribution in [3.8, 4) is 5.75 Å². The Labute approximate surface area is 81.8 Å². The molecule has 0 saturated carbocycles. The first-order valence-corrected chi connectivity index (χ1v) is 4.29. The highest BCUT2D eigenvalue weighted by Crippen LogP contribution is 2.29. The third-order valence-electron chi connectivity index (χ3n) is 1.90. The van der Waals surface area contributed by atoms with Gasteiger partial charge in [0.2, 0.25) is 0 Å². The second-order valence-electron chi connectivity index (χ2n) is 2.96. The van der Waals surface area contributed by atoms with Crippen LogP contribution in [0.25, 0.3) is 0 Å². The normalized spacial score (nSPS) is 12.9. The number of halogens is 1. The van der Waals surface area contributed by atoms with Crippen LogP contribution in [0, 0.1) is 6.92 Å². The number of nitrogens with two attached hydrogens (primary N) is 1. The Hall–Kier alpha value is -0.770. The molecule has 0 aliphatic rings. The summed E-state index contributed by atoms with van der Waals surface area (Å²) in [7, 11) is 0. The zero-order chi connectivity index (χ0) is 10.0. The quantitative estimate of drug-likeness (QED) is 0.677. The molecule has 1 unspecified atom stereocenters. The minimum atomic E-state index is -0.447. The minimum Gasteiger partial charge on any atom is -0.506 e. The number of phenolic OH excluding ortho intramolecular Hbond substituents is 1. The van der Waals surface area contributed by atoms with Gasteiger partial charge in [-0.3, -0.25) is 0 Å². The van der Waals surface area contributed by atoms with Gasteiger partial charge in [0.05, 0.1) is 17.7 Å². The van der Waals surface area contributed by atoms with E-state index in [1.807, 2.05) is 0 Å². The summed E-state index contributed by atoms with van der Waals surface area (Å²) in [5.74, 6) is 0.0653. The fourth-order valence-electron chi connectivity index (χ4n) is 1.08. The third-order valence-corrected chi connectivity index (χ3v) is 2.19. The Bertz CT molecular complexity index is 291. The van der Waals surface area contributed by atoms with Gasteiger partial charge in [-0.15, -0.1) is 0 Å². The van der Waals surface area contributed by atoms with Crippen molar-refractivity contribution in [1.29, 1.82) is 0 Å². The molecule has 0 heterocycles. The highest BCUT2D eigenvalue weighted by atomic mass is 35.5. The van der Waals surface area contributed by atoms with E-state index in [1.165, 1.54) is 0 Å². The van der Waals surface area contributed by atoms with Crippen LogP contribution >= 0.6 is 11.6 Å². The molecule has 0 fully saturated rings. The highest BCUT2D eigenvalue weighted by Gasteiger charge is 2.09. The minimum absolute atomic E-state index is 0.0653. The maximum absolute atomic E-state index is 9.35. The molecule has 4 N–H and O–H groups in total. The van der Waals surface area contributed by atoms with E-state index in [1.54, 1.807) is 19.1 Å². The van der Waals surface area contributed by atoms with Gasteiger partial charge in [-0.1, -0.05) is 17.7 Å². The number of benzene rings is 1. The van der Waals surface area contributed by atoms with Crippen molar-refractivity contribution in [1.82, 2.24) is 0 Å². The smallest absolute Gasteiger partial charge is 0.137 e. The van der Waals surface area contributed by atoms with Crippen molar-refractivity contribution in [3.05, 3.63) is 28.3 Å². The molecule has 1 aromatic rings. The van der Waals surface area contributed by atoms with Crippen LogP contribution in [-0.4, -0.2) is 16.8 Å². The lowest BCUT2D eigenvalue weighted by atomic mass is 10.1. The molecule has 0 radical (unpaired) electrons. The molecule has 0 spiro atoms. The number of aliphatic hydroxyl groups is 1. The molecule has 1 aromatic carbocycles. The van der Waals surface area contributed by atoms with Gasteiger partial charge in [0.25, 0.3) is 0 Å². The molecule has 4 heteroatoms. The van der Waals surface area contributed by atoms with Crippen LogP contribution in [0.1, 0.15) is 17.2 Å². The summed E-state index contributed by atoms with van der Waals surface area (Å²) >= 11 is 5.73. The third kappa shape index (κ3) is 2.12. The summed E-state index contributed by atoms with van der Waals surface area (Å²) in [5, 5.41) is 18.4. The zero-order valence-electron chi connectivity index (χ0n) is 7.29. The van der Waals surface area contributed by atoms with E-state index in [4.69, 9.17) is 22.4 Å². The molecule has 72 valence electrons. The Morgan fingerprint density at radius 2 is 2.15 bits per heavy atom. The van der Waals surface area contributed by atoms with E-state index < -0.39 is 6.04 Å². The van der Waals surface area contributed by atoms with Crippen molar-refractivity contribution < 1.29 is 10.2 Å². The summed E-state index contributed by atoms with van der Waals surface area (Å²) < 4.78 is 0. The topological polar surface area (TPSA) is 66.5 Å². The van der Waals surface area contributed by atoms with Crippen LogP contribution in [-0.2, 0) is 0 Å². The molecule has 13 heavy (non-hydrogen) atoms. The molecule has 1 atom stereocenters. The Morgan fingerprint density at radius 3 is 2.62 bits per heavy atom. The number of aryl methyl sites for hydroxylation is 1. The molecule has 0 saturated heterocycles. The van der Waals surface area contributed by atoms with E-state index in [-0.39, 0.29) is 17.4 Å². The first-order chi connectivity index (χ1) is 6.06. The molecule has 1 rings (SSSR count). The summed E-state index contributed by atoms with van der Waals surface area (Å²) in [6, 6.07) is 2.82. The number of aromatic hydroxyl groups is 1. The van der Waals surface area contributed by atoms with Crippen molar-refractivity contribution in [2.24, 2.45) is 5.73 Å². The van der Waals surface area contributed by atoms with Gasteiger partial charge >= 0.3 is 0 Å². The molecular formula is C9H12ClNO2. The number of hydrogen-bond acceptors (Lipinski definition) is 3.